The molecule has 2 nitrogen and oxygen atoms in total. The van der Waals surface area contributed by atoms with Crippen molar-refractivity contribution in [2.24, 2.45) is 5.73 Å². The predicted molar refractivity (Wildman–Crippen MR) is 51.6 cm³/mol. The predicted octanol–water partition coefficient (Wildman–Crippen LogP) is 1.80. The molecule has 78 valence electrons. The molecule has 0 aromatic heterocycles. The minimum Gasteiger partial charge on any atom is -0.486 e. The van der Waals surface area contributed by atoms with Crippen molar-refractivity contribution in [2.45, 2.75) is 12.0 Å². The van der Waals surface area contributed by atoms with Crippen molar-refractivity contribution in [1.82, 2.24) is 0 Å². The number of hydrogen-bond acceptors (Lipinski definition) is 2. The van der Waals surface area contributed by atoms with E-state index in [2.05, 4.69) is 5.92 Å². The number of fused-ring (bicyclic) bond motifs is 1. The van der Waals surface area contributed by atoms with Crippen molar-refractivity contribution in [3.05, 3.63) is 29.3 Å². The van der Waals surface area contributed by atoms with Gasteiger partial charge in [-0.3, -0.25) is 0 Å². The molecule has 1 heterocycles. The molecule has 0 saturated carbocycles. The quantitative estimate of drug-likeness (QED) is 0.716. The number of hydrogen-bond donors (Lipinski definition) is 1. The Bertz CT molecular complexity index is 437. The molecule has 4 heteroatoms. The second kappa shape index (κ2) is 3.21. The van der Waals surface area contributed by atoms with Crippen LogP contribution in [0.4, 0.5) is 8.78 Å². The molecule has 0 saturated heterocycles. The summed E-state index contributed by atoms with van der Waals surface area (Å²) in [7, 11) is 0. The Hall–Kier alpha value is -1.60. The molecule has 1 aromatic rings. The van der Waals surface area contributed by atoms with Gasteiger partial charge >= 0.3 is 5.92 Å². The Morgan fingerprint density at radius 1 is 1.53 bits per heavy atom. The summed E-state index contributed by atoms with van der Waals surface area (Å²) in [4.78, 5) is 0. The van der Waals surface area contributed by atoms with Crippen LogP contribution in [-0.2, 0) is 5.92 Å². The number of para-hydroxylation sites is 1. The van der Waals surface area contributed by atoms with Gasteiger partial charge in [0.05, 0.1) is 11.6 Å². The Labute approximate surface area is 86.0 Å². The zero-order valence-electron chi connectivity index (χ0n) is 7.84. The number of ether oxygens (including phenoxy) is 1. The first kappa shape index (κ1) is 9.94. The highest BCUT2D eigenvalue weighted by Crippen LogP contribution is 2.44. The lowest BCUT2D eigenvalue weighted by Crippen LogP contribution is -2.14. The SMILES string of the molecule is C#C[C@@H](N)c1cccc2c1OCC2(F)F. The number of rotatable bonds is 1. The molecule has 1 atom stereocenters. The van der Waals surface area contributed by atoms with Crippen LogP contribution >= 0.6 is 0 Å². The van der Waals surface area contributed by atoms with E-state index in [4.69, 9.17) is 16.9 Å². The van der Waals surface area contributed by atoms with Crippen LogP contribution in [-0.4, -0.2) is 6.61 Å². The topological polar surface area (TPSA) is 35.2 Å². The average molecular weight is 209 g/mol. The first-order valence-corrected chi connectivity index (χ1v) is 4.42. The molecule has 1 aliphatic heterocycles. The summed E-state index contributed by atoms with van der Waals surface area (Å²) in [5.74, 6) is -0.521. The number of alkyl halides is 2. The summed E-state index contributed by atoms with van der Waals surface area (Å²) in [6.07, 6.45) is 5.15. The molecular weight excluding hydrogens is 200 g/mol. The van der Waals surface area contributed by atoms with Crippen LogP contribution in [0, 0.1) is 12.3 Å². The molecule has 0 amide bonds. The van der Waals surface area contributed by atoms with Gasteiger partial charge < -0.3 is 10.5 Å². The van der Waals surface area contributed by atoms with E-state index in [1.807, 2.05) is 0 Å². The number of benzene rings is 1. The number of nitrogens with two attached hydrogens (primary N) is 1. The van der Waals surface area contributed by atoms with Gasteiger partial charge in [-0.15, -0.1) is 6.42 Å². The molecule has 2 rings (SSSR count). The number of halogens is 2. The van der Waals surface area contributed by atoms with Gasteiger partial charge in [-0.25, -0.2) is 0 Å². The summed E-state index contributed by atoms with van der Waals surface area (Å²) >= 11 is 0. The maximum absolute atomic E-state index is 13.3. The Morgan fingerprint density at radius 3 is 2.93 bits per heavy atom. The van der Waals surface area contributed by atoms with Gasteiger partial charge in [0.1, 0.15) is 5.75 Å². The Kier molecular flexibility index (Phi) is 2.13. The summed E-state index contributed by atoms with van der Waals surface area (Å²) in [6.45, 7) is -0.642. The highest BCUT2D eigenvalue weighted by Gasteiger charge is 2.42. The third-order valence-corrected chi connectivity index (χ3v) is 2.35. The van der Waals surface area contributed by atoms with E-state index < -0.39 is 18.6 Å². The van der Waals surface area contributed by atoms with Gasteiger partial charge in [0, 0.05) is 5.56 Å². The molecule has 0 unspecified atom stereocenters. The minimum atomic E-state index is -2.94. The van der Waals surface area contributed by atoms with Crippen molar-refractivity contribution >= 4 is 0 Å². The van der Waals surface area contributed by atoms with E-state index in [0.29, 0.717) is 5.56 Å². The van der Waals surface area contributed by atoms with Crippen molar-refractivity contribution < 1.29 is 13.5 Å². The second-order valence-corrected chi connectivity index (χ2v) is 3.36. The molecule has 1 aliphatic rings. The Morgan fingerprint density at radius 2 is 2.27 bits per heavy atom. The fraction of sp³-hybridized carbons (Fsp3) is 0.273. The third kappa shape index (κ3) is 1.45. The lowest BCUT2D eigenvalue weighted by atomic mass is 10.0. The van der Waals surface area contributed by atoms with Crippen LogP contribution in [0.2, 0.25) is 0 Å². The molecule has 0 aliphatic carbocycles. The zero-order chi connectivity index (χ0) is 11.1. The summed E-state index contributed by atoms with van der Waals surface area (Å²) < 4.78 is 31.5. The fourth-order valence-corrected chi connectivity index (χ4v) is 1.58. The molecule has 0 spiro atoms. The van der Waals surface area contributed by atoms with E-state index in [9.17, 15) is 8.78 Å². The highest BCUT2D eigenvalue weighted by molar-refractivity contribution is 5.49. The fourth-order valence-electron chi connectivity index (χ4n) is 1.58. The summed E-state index contributed by atoms with van der Waals surface area (Å²) in [6, 6.07) is 3.72. The molecule has 15 heavy (non-hydrogen) atoms. The van der Waals surface area contributed by atoms with Crippen molar-refractivity contribution in [2.75, 3.05) is 6.61 Å². The van der Waals surface area contributed by atoms with E-state index in [0.717, 1.165) is 0 Å². The maximum Gasteiger partial charge on any atom is 0.310 e. The third-order valence-electron chi connectivity index (χ3n) is 2.35. The van der Waals surface area contributed by atoms with Gasteiger partial charge in [0.2, 0.25) is 0 Å². The lowest BCUT2D eigenvalue weighted by molar-refractivity contribution is -0.0214. The molecule has 0 fully saturated rings. The summed E-state index contributed by atoms with van der Waals surface area (Å²) in [5.41, 5.74) is 5.90. The van der Waals surface area contributed by atoms with Crippen molar-refractivity contribution in [3.8, 4) is 18.1 Å². The van der Waals surface area contributed by atoms with Crippen LogP contribution in [0.25, 0.3) is 0 Å². The minimum absolute atomic E-state index is 0.132. The Balaban J connectivity index is 2.55. The highest BCUT2D eigenvalue weighted by atomic mass is 19.3. The molecular formula is C11H9F2NO. The number of terminal acetylenes is 1. The van der Waals surface area contributed by atoms with Gasteiger partial charge in [0.15, 0.2) is 6.61 Å². The molecule has 1 aromatic carbocycles. The van der Waals surface area contributed by atoms with E-state index >= 15 is 0 Å². The van der Waals surface area contributed by atoms with Crippen LogP contribution < -0.4 is 10.5 Å². The normalized spacial score (nSPS) is 18.8. The van der Waals surface area contributed by atoms with Crippen molar-refractivity contribution in [1.29, 1.82) is 0 Å². The monoisotopic (exact) mass is 209 g/mol. The first-order valence-electron chi connectivity index (χ1n) is 4.42. The maximum atomic E-state index is 13.3. The van der Waals surface area contributed by atoms with E-state index in [1.54, 1.807) is 6.07 Å². The van der Waals surface area contributed by atoms with E-state index in [1.165, 1.54) is 12.1 Å². The summed E-state index contributed by atoms with van der Waals surface area (Å²) in [5, 5.41) is 0. The van der Waals surface area contributed by atoms with Crippen LogP contribution in [0.3, 0.4) is 0 Å². The van der Waals surface area contributed by atoms with Gasteiger partial charge in [-0.2, -0.15) is 8.78 Å². The van der Waals surface area contributed by atoms with Crippen LogP contribution in [0.15, 0.2) is 18.2 Å². The second-order valence-electron chi connectivity index (χ2n) is 3.36. The van der Waals surface area contributed by atoms with Crippen LogP contribution in [0.5, 0.6) is 5.75 Å². The van der Waals surface area contributed by atoms with Crippen molar-refractivity contribution in [3.63, 3.8) is 0 Å². The molecule has 0 radical (unpaired) electrons. The smallest absolute Gasteiger partial charge is 0.310 e. The standard InChI is InChI=1S/C11H9F2NO/c1-2-9(14)7-4-3-5-8-10(7)15-6-11(8,12)13/h1,3-5,9H,6,14H2/t9-/m1/s1. The first-order chi connectivity index (χ1) is 7.06. The van der Waals surface area contributed by atoms with Gasteiger partial charge in [-0.05, 0) is 6.07 Å². The lowest BCUT2D eigenvalue weighted by Gasteiger charge is -2.10. The zero-order valence-corrected chi connectivity index (χ0v) is 7.84. The molecule has 0 bridgehead atoms. The van der Waals surface area contributed by atoms with Gasteiger partial charge in [0.25, 0.3) is 0 Å². The molecule has 2 N–H and O–H groups in total. The van der Waals surface area contributed by atoms with E-state index in [-0.39, 0.29) is 11.3 Å². The largest absolute Gasteiger partial charge is 0.486 e. The average Bonchev–Trinajstić information content (AvgIpc) is 2.54. The van der Waals surface area contributed by atoms with Gasteiger partial charge in [-0.1, -0.05) is 18.1 Å². The van der Waals surface area contributed by atoms with Crippen LogP contribution in [0.1, 0.15) is 17.2 Å².